The number of benzene rings is 1. The summed E-state index contributed by atoms with van der Waals surface area (Å²) in [4.78, 5) is 26.6. The number of halogens is 1. The Morgan fingerprint density at radius 1 is 1.23 bits per heavy atom. The minimum Gasteiger partial charge on any atom is -0.494 e. The highest BCUT2D eigenvalue weighted by Crippen LogP contribution is 2.28. The van der Waals surface area contributed by atoms with E-state index < -0.39 is 0 Å². The molecule has 1 saturated heterocycles. The molecule has 0 aliphatic carbocycles. The summed E-state index contributed by atoms with van der Waals surface area (Å²) in [6, 6.07) is 7.26. The Labute approximate surface area is 162 Å². The zero-order chi connectivity index (χ0) is 18.4. The minimum absolute atomic E-state index is 0. The highest BCUT2D eigenvalue weighted by molar-refractivity contribution is 5.98. The number of carbonyl (C=O) groups is 2. The van der Waals surface area contributed by atoms with Crippen LogP contribution >= 0.6 is 12.4 Å². The van der Waals surface area contributed by atoms with Crippen LogP contribution in [0.1, 0.15) is 56.8 Å². The first-order valence-corrected chi connectivity index (χ1v) is 9.13. The van der Waals surface area contributed by atoms with E-state index in [4.69, 9.17) is 10.5 Å². The number of piperidine rings is 1. The number of carbonyl (C=O) groups excluding carboxylic acids is 2. The van der Waals surface area contributed by atoms with Gasteiger partial charge in [0.15, 0.2) is 5.78 Å². The van der Waals surface area contributed by atoms with Gasteiger partial charge in [-0.3, -0.25) is 9.59 Å². The van der Waals surface area contributed by atoms with Crippen molar-refractivity contribution in [3.8, 4) is 5.75 Å². The van der Waals surface area contributed by atoms with E-state index in [0.717, 1.165) is 18.6 Å². The maximum absolute atomic E-state index is 12.4. The summed E-state index contributed by atoms with van der Waals surface area (Å²) in [7, 11) is 0. The number of ketones is 1. The zero-order valence-electron chi connectivity index (χ0n) is 16.0. The highest BCUT2D eigenvalue weighted by Gasteiger charge is 2.35. The van der Waals surface area contributed by atoms with E-state index in [1.54, 1.807) is 24.3 Å². The van der Waals surface area contributed by atoms with Gasteiger partial charge in [-0.25, -0.2) is 0 Å². The molecule has 0 radical (unpaired) electrons. The van der Waals surface area contributed by atoms with Crippen molar-refractivity contribution < 1.29 is 14.3 Å². The van der Waals surface area contributed by atoms with E-state index in [-0.39, 0.29) is 48.4 Å². The number of ether oxygens (including phenoxy) is 1. The number of Topliss-reactive ketones (excluding diaryl/α,β-unsaturated/α-hetero) is 1. The first-order valence-electron chi connectivity index (χ1n) is 9.13. The second-order valence-corrected chi connectivity index (χ2v) is 7.50. The van der Waals surface area contributed by atoms with Crippen LogP contribution in [-0.2, 0) is 4.79 Å². The van der Waals surface area contributed by atoms with Crippen molar-refractivity contribution >= 4 is 24.1 Å². The Morgan fingerprint density at radius 2 is 1.88 bits per heavy atom. The molecule has 1 aliphatic heterocycles. The molecule has 1 aromatic rings. The fraction of sp³-hybridized carbons (Fsp3) is 0.600. The van der Waals surface area contributed by atoms with E-state index >= 15 is 0 Å². The lowest BCUT2D eigenvalue weighted by molar-refractivity contribution is -0.134. The third kappa shape index (κ3) is 5.99. The lowest BCUT2D eigenvalue weighted by atomic mass is 9.79. The van der Waals surface area contributed by atoms with Crippen molar-refractivity contribution in [3.05, 3.63) is 29.8 Å². The van der Waals surface area contributed by atoms with Crippen LogP contribution in [0.25, 0.3) is 0 Å². The number of hydrogen-bond donors (Lipinski definition) is 1. The molecule has 0 bridgehead atoms. The summed E-state index contributed by atoms with van der Waals surface area (Å²) < 4.78 is 5.51. The average molecular weight is 383 g/mol. The van der Waals surface area contributed by atoms with Crippen LogP contribution in [0, 0.1) is 5.41 Å². The molecule has 146 valence electrons. The number of likely N-dealkylation sites (tertiary alicyclic amines) is 1. The van der Waals surface area contributed by atoms with Crippen LogP contribution in [0.5, 0.6) is 5.75 Å². The first-order chi connectivity index (χ1) is 11.8. The van der Waals surface area contributed by atoms with Crippen molar-refractivity contribution in [1.29, 1.82) is 0 Å². The van der Waals surface area contributed by atoms with E-state index in [9.17, 15) is 9.59 Å². The molecule has 1 aliphatic rings. The number of rotatable bonds is 7. The van der Waals surface area contributed by atoms with Gasteiger partial charge in [0.2, 0.25) is 5.91 Å². The fourth-order valence-corrected chi connectivity index (χ4v) is 3.07. The van der Waals surface area contributed by atoms with Crippen LogP contribution in [0.2, 0.25) is 0 Å². The third-order valence-corrected chi connectivity index (χ3v) is 4.88. The second-order valence-electron chi connectivity index (χ2n) is 7.50. The lowest BCUT2D eigenvalue weighted by Crippen LogP contribution is -2.54. The van der Waals surface area contributed by atoms with Crippen molar-refractivity contribution in [2.75, 3.05) is 19.7 Å². The molecular formula is C20H31ClN2O3. The Bertz CT molecular complexity index is 602. The Hall–Kier alpha value is -1.59. The van der Waals surface area contributed by atoms with Crippen LogP contribution in [0.4, 0.5) is 0 Å². The SMILES string of the molecule is CCCOc1ccc(C(=O)CCC(=O)N2CCC(N)C(C)(C)C2)cc1.Cl. The molecule has 1 heterocycles. The number of nitrogens with zero attached hydrogens (tertiary/aromatic N) is 1. The number of amides is 1. The minimum atomic E-state index is -0.0771. The summed E-state index contributed by atoms with van der Waals surface area (Å²) >= 11 is 0. The van der Waals surface area contributed by atoms with Gasteiger partial charge in [-0.15, -0.1) is 12.4 Å². The molecule has 5 nitrogen and oxygen atoms in total. The molecule has 0 aromatic heterocycles. The van der Waals surface area contributed by atoms with Crippen LogP contribution in [0.3, 0.4) is 0 Å². The predicted octanol–water partition coefficient (Wildman–Crippen LogP) is 3.45. The molecule has 6 heteroatoms. The van der Waals surface area contributed by atoms with Crippen molar-refractivity contribution in [1.82, 2.24) is 4.90 Å². The Morgan fingerprint density at radius 3 is 2.46 bits per heavy atom. The van der Waals surface area contributed by atoms with Gasteiger partial charge in [-0.05, 0) is 42.5 Å². The molecule has 0 saturated carbocycles. The van der Waals surface area contributed by atoms with E-state index in [2.05, 4.69) is 13.8 Å². The highest BCUT2D eigenvalue weighted by atomic mass is 35.5. The van der Waals surface area contributed by atoms with Gasteiger partial charge in [0, 0.05) is 37.5 Å². The molecular weight excluding hydrogens is 352 g/mol. The smallest absolute Gasteiger partial charge is 0.223 e. The molecule has 0 spiro atoms. The van der Waals surface area contributed by atoms with E-state index in [0.29, 0.717) is 25.3 Å². The maximum atomic E-state index is 12.4. The molecule has 2 N–H and O–H groups in total. The van der Waals surface area contributed by atoms with Crippen LogP contribution in [0.15, 0.2) is 24.3 Å². The molecule has 1 amide bonds. The molecule has 2 rings (SSSR count). The monoisotopic (exact) mass is 382 g/mol. The zero-order valence-corrected chi connectivity index (χ0v) is 16.8. The van der Waals surface area contributed by atoms with Crippen molar-refractivity contribution in [2.24, 2.45) is 11.1 Å². The standard InChI is InChI=1S/C20H30N2O3.ClH/c1-4-13-25-16-7-5-15(6-8-16)17(23)9-10-19(24)22-12-11-18(21)20(2,3)14-22;/h5-8,18H,4,9-14,21H2,1-3H3;1H. The van der Waals surface area contributed by atoms with E-state index in [1.165, 1.54) is 0 Å². The fourth-order valence-electron chi connectivity index (χ4n) is 3.07. The van der Waals surface area contributed by atoms with Crippen molar-refractivity contribution in [3.63, 3.8) is 0 Å². The largest absolute Gasteiger partial charge is 0.494 e. The summed E-state index contributed by atoms with van der Waals surface area (Å²) in [6.45, 7) is 8.23. The number of hydrogen-bond acceptors (Lipinski definition) is 4. The average Bonchev–Trinajstić information content (AvgIpc) is 2.60. The van der Waals surface area contributed by atoms with Gasteiger partial charge < -0.3 is 15.4 Å². The Kier molecular flexibility index (Phi) is 8.57. The van der Waals surface area contributed by atoms with E-state index in [1.807, 2.05) is 11.8 Å². The normalized spacial score (nSPS) is 18.8. The quantitative estimate of drug-likeness (QED) is 0.733. The third-order valence-electron chi connectivity index (χ3n) is 4.88. The molecule has 1 atom stereocenters. The van der Waals surface area contributed by atoms with Gasteiger partial charge in [0.25, 0.3) is 0 Å². The maximum Gasteiger partial charge on any atom is 0.223 e. The Balaban J connectivity index is 0.00000338. The van der Waals surface area contributed by atoms with Gasteiger partial charge >= 0.3 is 0 Å². The summed E-state index contributed by atoms with van der Waals surface area (Å²) in [6.07, 6.45) is 2.24. The first kappa shape index (κ1) is 22.5. The topological polar surface area (TPSA) is 72.6 Å². The summed E-state index contributed by atoms with van der Waals surface area (Å²) in [5, 5.41) is 0. The summed E-state index contributed by atoms with van der Waals surface area (Å²) in [5.41, 5.74) is 6.66. The molecule has 1 aromatic carbocycles. The van der Waals surface area contributed by atoms with Gasteiger partial charge in [0.1, 0.15) is 5.75 Å². The summed E-state index contributed by atoms with van der Waals surface area (Å²) in [5.74, 6) is 0.793. The van der Waals surface area contributed by atoms with Crippen LogP contribution < -0.4 is 10.5 Å². The second kappa shape index (κ2) is 9.93. The predicted molar refractivity (Wildman–Crippen MR) is 106 cm³/mol. The van der Waals surface area contributed by atoms with Crippen molar-refractivity contribution in [2.45, 2.75) is 52.5 Å². The molecule has 1 fully saturated rings. The van der Waals surface area contributed by atoms with Gasteiger partial charge in [-0.1, -0.05) is 20.8 Å². The lowest BCUT2D eigenvalue weighted by Gasteiger charge is -2.42. The van der Waals surface area contributed by atoms with Gasteiger partial charge in [-0.2, -0.15) is 0 Å². The molecule has 26 heavy (non-hydrogen) atoms. The van der Waals surface area contributed by atoms with Gasteiger partial charge in [0.05, 0.1) is 6.61 Å². The van der Waals surface area contributed by atoms with Crippen LogP contribution in [-0.4, -0.2) is 42.3 Å². The molecule has 1 unspecified atom stereocenters. The number of nitrogens with two attached hydrogens (primary N) is 1.